The van der Waals surface area contributed by atoms with Gasteiger partial charge in [-0.05, 0) is 66.2 Å². The monoisotopic (exact) mass is 462 g/mol. The normalized spacial score (nSPS) is 11.8. The lowest BCUT2D eigenvalue weighted by molar-refractivity contribution is -0.263. The van der Waals surface area contributed by atoms with Crippen LogP contribution >= 0.6 is 0 Å². The smallest absolute Gasteiger partial charge is 0.426 e. The van der Waals surface area contributed by atoms with Gasteiger partial charge in [0.1, 0.15) is 11.2 Å². The minimum Gasteiger partial charge on any atom is -0.426 e. The van der Waals surface area contributed by atoms with E-state index >= 15 is 0 Å². The van der Waals surface area contributed by atoms with Gasteiger partial charge in [0.15, 0.2) is 0 Å². The van der Waals surface area contributed by atoms with Crippen molar-refractivity contribution in [3.05, 3.63) is 0 Å². The molecule has 190 valence electrons. The van der Waals surface area contributed by atoms with Gasteiger partial charge in [0.25, 0.3) is 0 Å². The van der Waals surface area contributed by atoms with Crippen molar-refractivity contribution >= 4 is 12.3 Å². The second-order valence-corrected chi connectivity index (χ2v) is 9.36. The van der Waals surface area contributed by atoms with Gasteiger partial charge in [-0.25, -0.2) is 9.59 Å². The summed E-state index contributed by atoms with van der Waals surface area (Å²) in [4.78, 5) is 42.5. The molecule has 0 bridgehead atoms. The molecule has 0 amide bonds. The van der Waals surface area contributed by atoms with Gasteiger partial charge in [0.2, 0.25) is 0 Å². The van der Waals surface area contributed by atoms with Crippen molar-refractivity contribution in [3.8, 4) is 0 Å². The first-order valence-electron chi connectivity index (χ1n) is 12.2. The van der Waals surface area contributed by atoms with Gasteiger partial charge in [0, 0.05) is 0 Å². The maximum absolute atomic E-state index is 11.7. The minimum absolute atomic E-state index is 0.294. The van der Waals surface area contributed by atoms with Crippen molar-refractivity contribution in [2.45, 2.75) is 130 Å². The van der Waals surface area contributed by atoms with E-state index in [4.69, 9.17) is 19.2 Å². The molecule has 8 nitrogen and oxygen atoms in total. The Morgan fingerprint density at radius 2 is 0.938 bits per heavy atom. The number of unbranched alkanes of at least 4 members (excludes halogenated alkanes) is 7. The van der Waals surface area contributed by atoms with E-state index in [1.165, 1.54) is 0 Å². The highest BCUT2D eigenvalue weighted by atomic mass is 17.2. The van der Waals surface area contributed by atoms with Crippen LogP contribution in [0.15, 0.2) is 0 Å². The summed E-state index contributed by atoms with van der Waals surface area (Å²) in [6, 6.07) is 0. The Morgan fingerprint density at radius 3 is 1.28 bits per heavy atom. The van der Waals surface area contributed by atoms with E-state index in [9.17, 15) is 9.59 Å². The fourth-order valence-electron chi connectivity index (χ4n) is 3.04. The Labute approximate surface area is 194 Å². The molecule has 0 saturated carbocycles. The van der Waals surface area contributed by atoms with Gasteiger partial charge in [-0.1, -0.05) is 52.4 Å². The fraction of sp³-hybridized carbons (Fsp3) is 0.917. The number of ether oxygens (including phenoxy) is 2. The highest BCUT2D eigenvalue weighted by Gasteiger charge is 2.24. The quantitative estimate of drug-likeness (QED) is 0.0847. The van der Waals surface area contributed by atoms with E-state index in [1.54, 1.807) is 0 Å². The Balaban J connectivity index is 3.60. The van der Waals surface area contributed by atoms with Crippen molar-refractivity contribution in [2.75, 3.05) is 13.2 Å². The Kier molecular flexibility index (Phi) is 17.1. The molecule has 8 heteroatoms. The maximum atomic E-state index is 11.7. The molecule has 0 atom stereocenters. The summed E-state index contributed by atoms with van der Waals surface area (Å²) < 4.78 is 10.6. The predicted molar refractivity (Wildman–Crippen MR) is 122 cm³/mol. The molecule has 0 aromatic carbocycles. The summed E-state index contributed by atoms with van der Waals surface area (Å²) in [7, 11) is 0. The van der Waals surface area contributed by atoms with Crippen LogP contribution in [0.25, 0.3) is 0 Å². The number of hydrogen-bond donors (Lipinski definition) is 0. The number of hydrogen-bond acceptors (Lipinski definition) is 8. The summed E-state index contributed by atoms with van der Waals surface area (Å²) in [5.74, 6) is 0. The van der Waals surface area contributed by atoms with E-state index < -0.39 is 23.5 Å². The van der Waals surface area contributed by atoms with Crippen molar-refractivity contribution in [1.29, 1.82) is 0 Å². The Hall–Kier alpha value is -1.54. The average molecular weight is 463 g/mol. The zero-order chi connectivity index (χ0) is 24.3. The second kappa shape index (κ2) is 18.0. The van der Waals surface area contributed by atoms with Gasteiger partial charge in [-0.15, -0.1) is 0 Å². The molecule has 0 aliphatic heterocycles. The van der Waals surface area contributed by atoms with Gasteiger partial charge in [-0.2, -0.15) is 9.78 Å². The molecule has 32 heavy (non-hydrogen) atoms. The van der Waals surface area contributed by atoms with Crippen LogP contribution in [0.4, 0.5) is 9.59 Å². The average Bonchev–Trinajstić information content (AvgIpc) is 2.68. The van der Waals surface area contributed by atoms with Crippen LogP contribution in [0.3, 0.4) is 0 Å². The highest BCUT2D eigenvalue weighted by molar-refractivity contribution is 5.60. The molecule has 0 fully saturated rings. The lowest BCUT2D eigenvalue weighted by Gasteiger charge is -2.23. The van der Waals surface area contributed by atoms with Gasteiger partial charge in [0.05, 0.1) is 13.2 Å². The third kappa shape index (κ3) is 19.2. The molecule has 0 spiro atoms. The number of carbonyl (C=O) groups is 2. The molecule has 0 unspecified atom stereocenters. The Bertz CT molecular complexity index is 446. The van der Waals surface area contributed by atoms with Crippen molar-refractivity contribution < 1.29 is 38.6 Å². The largest absolute Gasteiger partial charge is 0.540 e. The standard InChI is InChI=1S/C24H46O8/c1-7-9-13-17-23(3,4)29-21(25)31-27-19-15-11-12-16-20-28-32-22(26)30-24(5,6)18-14-10-8-2/h7-20H2,1-6H3. The van der Waals surface area contributed by atoms with Crippen LogP contribution in [0, 0.1) is 0 Å². The van der Waals surface area contributed by atoms with Crippen LogP contribution in [0.1, 0.15) is 119 Å². The van der Waals surface area contributed by atoms with Crippen LogP contribution < -0.4 is 0 Å². The maximum Gasteiger partial charge on any atom is 0.540 e. The summed E-state index contributed by atoms with van der Waals surface area (Å²) in [5.41, 5.74) is -1.12. The third-order valence-electron chi connectivity index (χ3n) is 4.94. The fourth-order valence-corrected chi connectivity index (χ4v) is 3.04. The molecule has 0 radical (unpaired) electrons. The van der Waals surface area contributed by atoms with Gasteiger partial charge >= 0.3 is 12.3 Å². The predicted octanol–water partition coefficient (Wildman–Crippen LogP) is 7.43. The molecular formula is C24H46O8. The van der Waals surface area contributed by atoms with E-state index in [2.05, 4.69) is 23.6 Å². The second-order valence-electron chi connectivity index (χ2n) is 9.36. The van der Waals surface area contributed by atoms with Crippen LogP contribution in [0.2, 0.25) is 0 Å². The van der Waals surface area contributed by atoms with Crippen molar-refractivity contribution in [2.24, 2.45) is 0 Å². The summed E-state index contributed by atoms with van der Waals surface area (Å²) in [5, 5.41) is 0. The van der Waals surface area contributed by atoms with E-state index in [-0.39, 0.29) is 0 Å². The molecule has 0 heterocycles. The van der Waals surface area contributed by atoms with Crippen molar-refractivity contribution in [3.63, 3.8) is 0 Å². The lowest BCUT2D eigenvalue weighted by Crippen LogP contribution is -2.28. The van der Waals surface area contributed by atoms with Crippen LogP contribution in [-0.2, 0) is 29.0 Å². The van der Waals surface area contributed by atoms with E-state index in [0.717, 1.165) is 77.0 Å². The van der Waals surface area contributed by atoms with Crippen LogP contribution in [0.5, 0.6) is 0 Å². The molecule has 0 rings (SSSR count). The molecule has 0 saturated heterocycles. The zero-order valence-electron chi connectivity index (χ0n) is 21.2. The molecule has 0 aliphatic carbocycles. The van der Waals surface area contributed by atoms with E-state index in [1.807, 2.05) is 27.7 Å². The van der Waals surface area contributed by atoms with Crippen molar-refractivity contribution in [1.82, 2.24) is 0 Å². The zero-order valence-corrected chi connectivity index (χ0v) is 21.2. The van der Waals surface area contributed by atoms with Crippen LogP contribution in [-0.4, -0.2) is 36.7 Å². The van der Waals surface area contributed by atoms with Gasteiger partial charge in [-0.3, -0.25) is 9.78 Å². The highest BCUT2D eigenvalue weighted by Crippen LogP contribution is 2.20. The third-order valence-corrected chi connectivity index (χ3v) is 4.94. The molecule has 0 aromatic rings. The topological polar surface area (TPSA) is 89.5 Å². The number of carbonyl (C=O) groups excluding carboxylic acids is 2. The SMILES string of the molecule is CCCCCC(C)(C)OC(=O)OOCCCCCCOOC(=O)OC(C)(C)CCCCC. The first-order valence-corrected chi connectivity index (χ1v) is 12.2. The lowest BCUT2D eigenvalue weighted by atomic mass is 10.0. The first kappa shape index (κ1) is 30.5. The minimum atomic E-state index is -0.808. The molecule has 0 aliphatic rings. The Morgan fingerprint density at radius 1 is 0.562 bits per heavy atom. The summed E-state index contributed by atoms with van der Waals surface area (Å²) >= 11 is 0. The summed E-state index contributed by atoms with van der Waals surface area (Å²) in [6.07, 6.45) is 9.59. The van der Waals surface area contributed by atoms with Gasteiger partial charge < -0.3 is 9.47 Å². The molecule has 0 aromatic heterocycles. The first-order chi connectivity index (χ1) is 15.1. The molecule has 0 N–H and O–H groups in total. The molecular weight excluding hydrogens is 416 g/mol. The number of rotatable bonds is 19. The van der Waals surface area contributed by atoms with E-state index in [0.29, 0.717) is 13.2 Å². The summed E-state index contributed by atoms with van der Waals surface area (Å²) in [6.45, 7) is 12.3.